The van der Waals surface area contributed by atoms with Gasteiger partial charge >= 0.3 is 7.60 Å². The second-order valence-corrected chi connectivity index (χ2v) is 2.89. The number of rotatable bonds is 2. The first kappa shape index (κ1) is 23.5. The maximum Gasteiger partial charge on any atom is 0.430 e. The summed E-state index contributed by atoms with van der Waals surface area (Å²) >= 11 is 0. The van der Waals surface area contributed by atoms with Crippen molar-refractivity contribution < 1.29 is 13.6 Å². The summed E-state index contributed by atoms with van der Waals surface area (Å²) in [7, 11) is -1.04. The van der Waals surface area contributed by atoms with Crippen LogP contribution < -0.4 is 0 Å². The number of hydrogen-bond acceptors (Lipinski definition) is 4. The number of nitriles is 1. The van der Waals surface area contributed by atoms with E-state index in [1.54, 1.807) is 0 Å². The Hall–Kier alpha value is 2.64. The van der Waals surface area contributed by atoms with Gasteiger partial charge in [0.1, 0.15) is 0 Å². The molecule has 0 atom stereocenters. The van der Waals surface area contributed by atoms with Gasteiger partial charge in [-0.05, 0) is 0 Å². The van der Waals surface area contributed by atoms with Crippen LogP contribution in [0.25, 0.3) is 0 Å². The third kappa shape index (κ3) is 10.6. The molecule has 0 aromatic heterocycles. The van der Waals surface area contributed by atoms with E-state index in [9.17, 15) is 4.57 Å². The quantitative estimate of drug-likeness (QED) is 0.462. The van der Waals surface area contributed by atoms with E-state index in [0.717, 1.165) is 14.2 Å². The van der Waals surface area contributed by atoms with Crippen LogP contribution in [0.1, 0.15) is 0 Å². The molecule has 0 aliphatic heterocycles. The third-order valence-electron chi connectivity index (χ3n) is 0.603. The van der Waals surface area contributed by atoms with Gasteiger partial charge in [0.15, 0.2) is 5.81 Å². The molecule has 0 aromatic carbocycles. The average Bonchev–Trinajstić information content (AvgIpc) is 1.87. The molecule has 0 amide bonds. The van der Waals surface area contributed by atoms with E-state index in [4.69, 9.17) is 5.26 Å². The van der Waals surface area contributed by atoms with Gasteiger partial charge in [-0.1, -0.05) is 0 Å². The Morgan fingerprint density at radius 3 is 1.45 bits per heavy atom. The molecule has 0 rings (SSSR count). The molecule has 0 unspecified atom stereocenters. The predicted octanol–water partition coefficient (Wildman–Crippen LogP) is -0.189. The monoisotopic (exact) mass is 204 g/mol. The largest absolute Gasteiger partial charge is 0.430 e. The Labute approximate surface area is 133 Å². The predicted molar refractivity (Wildman–Crippen MR) is 44.5 cm³/mol. The SMILES string of the molecule is COP(=O)(C#N)OC.[Na].[Na].[Na]. The van der Waals surface area contributed by atoms with Gasteiger partial charge in [0, 0.05) is 103 Å². The van der Waals surface area contributed by atoms with E-state index < -0.39 is 7.60 Å². The smallest absolute Gasteiger partial charge is 0.301 e. The van der Waals surface area contributed by atoms with Gasteiger partial charge in [-0.25, -0.2) is 4.57 Å². The molecule has 8 heteroatoms. The van der Waals surface area contributed by atoms with Crippen molar-refractivity contribution >= 4 is 96.3 Å². The van der Waals surface area contributed by atoms with E-state index in [0.29, 0.717) is 0 Å². The van der Waals surface area contributed by atoms with E-state index in [1.807, 2.05) is 0 Å². The summed E-state index contributed by atoms with van der Waals surface area (Å²) in [6, 6.07) is 0. The van der Waals surface area contributed by atoms with Crippen molar-refractivity contribution in [1.29, 1.82) is 5.26 Å². The van der Waals surface area contributed by atoms with Gasteiger partial charge in [0.05, 0.1) is 0 Å². The summed E-state index contributed by atoms with van der Waals surface area (Å²) < 4.78 is 18.9. The molecule has 0 spiro atoms. The molecular formula is C3H6NNa3O3P. The Bertz CT molecular complexity index is 150. The second-order valence-electron chi connectivity index (χ2n) is 0.963. The van der Waals surface area contributed by atoms with Crippen molar-refractivity contribution in [1.82, 2.24) is 0 Å². The molecule has 49 valence electrons. The van der Waals surface area contributed by atoms with Crippen molar-refractivity contribution in [3.8, 4) is 5.81 Å². The van der Waals surface area contributed by atoms with Crippen molar-refractivity contribution in [2.45, 2.75) is 0 Å². The molecule has 11 heavy (non-hydrogen) atoms. The summed E-state index contributed by atoms with van der Waals surface area (Å²) in [5, 5.41) is 8.02. The van der Waals surface area contributed by atoms with Crippen LogP contribution in [0.3, 0.4) is 0 Å². The van der Waals surface area contributed by atoms with Crippen LogP contribution in [0.5, 0.6) is 0 Å². The van der Waals surface area contributed by atoms with Gasteiger partial charge in [-0.3, -0.25) is 0 Å². The Kier molecular flexibility index (Phi) is 26.9. The molecule has 0 fully saturated rings. The fourth-order valence-corrected chi connectivity index (χ4v) is 0.469. The Morgan fingerprint density at radius 2 is 1.45 bits per heavy atom. The zero-order chi connectivity index (χ0) is 6.62. The molecule has 0 bridgehead atoms. The molecule has 0 aromatic rings. The molecule has 4 nitrogen and oxygen atoms in total. The van der Waals surface area contributed by atoms with E-state index in [1.165, 1.54) is 5.81 Å². The standard InChI is InChI=1S/C3H6NO3P.3Na/c1-6-8(5,3-4)7-2;;;/h1-2H3;;;. The first-order chi connectivity index (χ1) is 3.68. The van der Waals surface area contributed by atoms with Crippen molar-refractivity contribution in [3.63, 3.8) is 0 Å². The summed E-state index contributed by atoms with van der Waals surface area (Å²) in [5.41, 5.74) is 0. The molecule has 3 radical (unpaired) electrons. The summed E-state index contributed by atoms with van der Waals surface area (Å²) in [5.74, 6) is 1.39. The van der Waals surface area contributed by atoms with Crippen LogP contribution in [-0.4, -0.2) is 103 Å². The minimum atomic E-state index is -3.36. The summed E-state index contributed by atoms with van der Waals surface area (Å²) in [6.07, 6.45) is 0. The number of nitrogens with zero attached hydrogens (tertiary/aromatic N) is 1. The van der Waals surface area contributed by atoms with Crippen LogP contribution in [0.2, 0.25) is 0 Å². The van der Waals surface area contributed by atoms with Crippen molar-refractivity contribution in [2.75, 3.05) is 14.2 Å². The topological polar surface area (TPSA) is 59.3 Å². The molecule has 0 saturated heterocycles. The van der Waals surface area contributed by atoms with Crippen LogP contribution in [0, 0.1) is 11.1 Å². The van der Waals surface area contributed by atoms with Crippen LogP contribution in [0.4, 0.5) is 0 Å². The van der Waals surface area contributed by atoms with Crippen molar-refractivity contribution in [3.05, 3.63) is 0 Å². The van der Waals surface area contributed by atoms with Crippen LogP contribution >= 0.6 is 7.60 Å². The zero-order valence-electron chi connectivity index (χ0n) is 7.62. The normalized spacial score (nSPS) is 7.73. The first-order valence-corrected chi connectivity index (χ1v) is 3.35. The van der Waals surface area contributed by atoms with E-state index in [-0.39, 0.29) is 88.7 Å². The molecular weight excluding hydrogens is 198 g/mol. The van der Waals surface area contributed by atoms with E-state index >= 15 is 0 Å². The second kappa shape index (κ2) is 12.6. The Morgan fingerprint density at radius 1 is 1.18 bits per heavy atom. The van der Waals surface area contributed by atoms with Crippen LogP contribution in [-0.2, 0) is 13.6 Å². The minimum Gasteiger partial charge on any atom is -0.301 e. The summed E-state index contributed by atoms with van der Waals surface area (Å²) in [6.45, 7) is 0. The van der Waals surface area contributed by atoms with Crippen LogP contribution in [0.15, 0.2) is 0 Å². The molecule has 0 heterocycles. The molecule has 0 aliphatic rings. The average molecular weight is 204 g/mol. The molecule has 0 aliphatic carbocycles. The van der Waals surface area contributed by atoms with Gasteiger partial charge in [0.25, 0.3) is 0 Å². The maximum absolute atomic E-state index is 10.5. The fraction of sp³-hybridized carbons (Fsp3) is 0.667. The summed E-state index contributed by atoms with van der Waals surface area (Å²) in [4.78, 5) is 0. The first-order valence-electron chi connectivity index (χ1n) is 1.81. The fourth-order valence-electron chi connectivity index (χ4n) is 0.156. The minimum absolute atomic E-state index is 0. The van der Waals surface area contributed by atoms with Gasteiger partial charge in [-0.2, -0.15) is 5.26 Å². The molecule has 0 N–H and O–H groups in total. The van der Waals surface area contributed by atoms with Gasteiger partial charge in [-0.15, -0.1) is 0 Å². The van der Waals surface area contributed by atoms with E-state index in [2.05, 4.69) is 9.05 Å². The third-order valence-corrected chi connectivity index (χ3v) is 1.81. The maximum atomic E-state index is 10.5. The van der Waals surface area contributed by atoms with Gasteiger partial charge in [0.2, 0.25) is 0 Å². The molecule has 0 saturated carbocycles. The number of hydrogen-bond donors (Lipinski definition) is 0. The zero-order valence-corrected chi connectivity index (χ0v) is 14.5. The Balaban J connectivity index is -0.0000000817. The van der Waals surface area contributed by atoms with Crippen molar-refractivity contribution in [2.24, 2.45) is 0 Å². The van der Waals surface area contributed by atoms with Gasteiger partial charge < -0.3 is 9.05 Å².